The summed E-state index contributed by atoms with van der Waals surface area (Å²) < 4.78 is 8.57. The number of rotatable bonds is 5. The number of fused-ring (bicyclic) bond motifs is 5. The van der Waals surface area contributed by atoms with Gasteiger partial charge >= 0.3 is 11.7 Å². The first-order chi connectivity index (χ1) is 14.6. The second kappa shape index (κ2) is 20.7. The van der Waals surface area contributed by atoms with E-state index in [0.717, 1.165) is 29.7 Å². The quantitative estimate of drug-likeness (QED) is 0.356. The fourth-order valence-electron chi connectivity index (χ4n) is 3.43. The van der Waals surface area contributed by atoms with Crippen molar-refractivity contribution >= 4 is 15.2 Å². The Morgan fingerprint density at radius 1 is 1.32 bits per heavy atom. The Hall–Kier alpha value is 1.81. The number of aromatic nitrogens is 2. The number of hydrogen-bond acceptors (Lipinski definition) is 5. The molecule has 1 fully saturated rings. The zero-order chi connectivity index (χ0) is 23.7. The molecule has 34 heavy (non-hydrogen) atoms. The van der Waals surface area contributed by atoms with Crippen LogP contribution in [0.1, 0.15) is 71.5 Å². The van der Waals surface area contributed by atoms with Gasteiger partial charge in [0.25, 0.3) is 5.56 Å². The molecule has 0 spiro atoms. The number of aliphatic carboxylic acids is 1. The van der Waals surface area contributed by atoms with Crippen molar-refractivity contribution in [3.63, 3.8) is 0 Å². The molecule has 1 aromatic heterocycles. The molecule has 8 nitrogen and oxygen atoms in total. The van der Waals surface area contributed by atoms with Crippen molar-refractivity contribution < 1.29 is 113 Å². The molecule has 0 saturated carbocycles. The molecule has 3 N–H and O–H groups in total. The summed E-state index contributed by atoms with van der Waals surface area (Å²) in [7, 11) is 1.94. The summed E-state index contributed by atoms with van der Waals surface area (Å²) in [5, 5.41) is 8.89. The molecule has 4 bridgehead atoms. The topological polar surface area (TPSA) is 117 Å². The molecular weight excluding hydrogens is 684 g/mol. The van der Waals surface area contributed by atoms with Crippen LogP contribution in [0.2, 0.25) is 0 Å². The largest absolute Gasteiger partial charge is 0.480 e. The maximum atomic E-state index is 12.7. The summed E-state index contributed by atoms with van der Waals surface area (Å²) >= 11 is 0. The molecule has 0 aliphatic carbocycles. The minimum Gasteiger partial charge on any atom is -0.480 e. The smallest absolute Gasteiger partial charge is 0.328 e. The van der Waals surface area contributed by atoms with Crippen LogP contribution in [0.3, 0.4) is 0 Å². The zero-order valence-corrected chi connectivity index (χ0v) is 31.0. The average Bonchev–Trinajstić information content (AvgIpc) is 3.20. The van der Waals surface area contributed by atoms with Gasteiger partial charge in [-0.05, 0) is 25.7 Å². The summed E-state index contributed by atoms with van der Waals surface area (Å²) in [5.74, 6) is -0.0355. The molecular formula is C22H39N3O5PY3-. The van der Waals surface area contributed by atoms with Gasteiger partial charge in [-0.25, -0.2) is 4.79 Å². The molecule has 1 aromatic rings. The molecule has 2 aliphatic heterocycles. The van der Waals surface area contributed by atoms with Gasteiger partial charge in [-0.3, -0.25) is 20.1 Å². The zero-order valence-electron chi connectivity index (χ0n) is 21.0. The van der Waals surface area contributed by atoms with E-state index in [9.17, 15) is 14.4 Å². The van der Waals surface area contributed by atoms with Gasteiger partial charge in [0, 0.05) is 117 Å². The SMILES string of the molecule is CC.C[C-]1CC2CC[C@@H](O2)c2cn(c(=O)n(CCC(N)C(=O)O)c2=O)C1.[CH2-]C([PH3+])CC.[Y].[Y].[Y]. The normalized spacial score (nSPS) is 20.1. The van der Waals surface area contributed by atoms with E-state index in [2.05, 4.69) is 13.8 Å². The van der Waals surface area contributed by atoms with Gasteiger partial charge in [-0.2, -0.15) is 6.92 Å². The molecule has 1 saturated heterocycles. The Morgan fingerprint density at radius 3 is 2.38 bits per heavy atom. The first-order valence-electron chi connectivity index (χ1n) is 11.1. The van der Waals surface area contributed by atoms with E-state index >= 15 is 0 Å². The number of carbonyl (C=O) groups is 1. The van der Waals surface area contributed by atoms with E-state index in [1.165, 1.54) is 11.0 Å². The Bertz CT molecular complexity index is 835. The third-order valence-electron chi connectivity index (χ3n) is 5.29. The molecule has 3 heterocycles. The molecule has 187 valence electrons. The number of carboxylic acids is 1. The average molecular weight is 723 g/mol. The summed E-state index contributed by atoms with van der Waals surface area (Å²) in [5.41, 5.74) is 5.79. The number of ether oxygens (including phenoxy) is 1. The Labute approximate surface area is 281 Å². The Kier molecular flexibility index (Phi) is 24.6. The number of nitrogens with zero attached hydrogens (tertiary/aromatic N) is 2. The minimum atomic E-state index is -1.15. The summed E-state index contributed by atoms with van der Waals surface area (Å²) in [6.45, 7) is 12.3. The van der Waals surface area contributed by atoms with Crippen molar-refractivity contribution in [1.29, 1.82) is 0 Å². The second-order valence-corrected chi connectivity index (χ2v) is 9.10. The molecule has 3 radical (unpaired) electrons. The van der Waals surface area contributed by atoms with Crippen LogP contribution in [0.15, 0.2) is 15.8 Å². The second-order valence-electron chi connectivity index (χ2n) is 7.94. The van der Waals surface area contributed by atoms with Gasteiger partial charge in [0.15, 0.2) is 0 Å². The third kappa shape index (κ3) is 12.6. The molecule has 0 amide bonds. The van der Waals surface area contributed by atoms with Crippen LogP contribution in [0.25, 0.3) is 0 Å². The molecule has 4 unspecified atom stereocenters. The number of hydrogen-bond donors (Lipinski definition) is 2. The minimum absolute atomic E-state index is 0. The van der Waals surface area contributed by atoms with Crippen molar-refractivity contribution in [2.45, 2.75) is 96.8 Å². The van der Waals surface area contributed by atoms with Crippen molar-refractivity contribution in [3.8, 4) is 0 Å². The van der Waals surface area contributed by atoms with Crippen molar-refractivity contribution in [2.75, 3.05) is 0 Å². The first kappa shape index (κ1) is 40.3. The maximum Gasteiger partial charge on any atom is 0.328 e. The van der Waals surface area contributed by atoms with E-state index in [1.54, 1.807) is 6.20 Å². The summed E-state index contributed by atoms with van der Waals surface area (Å²) in [6.07, 6.45) is 5.03. The monoisotopic (exact) mass is 723 g/mol. The van der Waals surface area contributed by atoms with Crippen LogP contribution in [0, 0.1) is 12.8 Å². The van der Waals surface area contributed by atoms with Crippen molar-refractivity contribution in [1.82, 2.24) is 9.13 Å². The van der Waals surface area contributed by atoms with E-state index in [1.807, 2.05) is 30.0 Å². The fraction of sp³-hybridized carbons (Fsp3) is 0.682. The van der Waals surface area contributed by atoms with Crippen molar-refractivity contribution in [3.05, 3.63) is 45.4 Å². The van der Waals surface area contributed by atoms with Gasteiger partial charge < -0.3 is 27.1 Å². The Morgan fingerprint density at radius 2 is 1.88 bits per heavy atom. The van der Waals surface area contributed by atoms with Crippen molar-refractivity contribution in [2.24, 2.45) is 5.73 Å². The van der Waals surface area contributed by atoms with Gasteiger partial charge in [0.2, 0.25) is 0 Å². The van der Waals surface area contributed by atoms with E-state index < -0.39 is 23.3 Å². The van der Waals surface area contributed by atoms with Gasteiger partial charge in [0.1, 0.15) is 6.04 Å². The van der Waals surface area contributed by atoms with Gasteiger partial charge in [-0.1, -0.05) is 42.2 Å². The van der Waals surface area contributed by atoms with E-state index in [4.69, 9.17) is 15.6 Å². The Balaban J connectivity index is -0.000000858. The molecule has 2 aliphatic rings. The fourth-order valence-corrected chi connectivity index (χ4v) is 3.43. The predicted octanol–water partition coefficient (Wildman–Crippen LogP) is 2.26. The predicted molar refractivity (Wildman–Crippen MR) is 127 cm³/mol. The summed E-state index contributed by atoms with van der Waals surface area (Å²) in [6, 6.07) is -1.11. The van der Waals surface area contributed by atoms with Crippen LogP contribution in [-0.2, 0) is 121 Å². The van der Waals surface area contributed by atoms with Gasteiger partial charge in [-0.15, -0.1) is 6.42 Å². The summed E-state index contributed by atoms with van der Waals surface area (Å²) in [4.78, 5) is 36.2. The number of nitrogens with two attached hydrogens (primary N) is 1. The van der Waals surface area contributed by atoms with Crippen LogP contribution in [0.5, 0.6) is 0 Å². The van der Waals surface area contributed by atoms with Crippen LogP contribution in [-0.4, -0.2) is 38.0 Å². The molecule has 5 atom stereocenters. The standard InChI is InChI=1S/C16H22N3O5.C4H10P.C2H6.3Y/c1-9-6-10-2-3-13(24-10)11-8-18(7-9)16(23)19(14(11)20)5-4-12(17)15(21)22;1-3-4(2)5;1-2;;;/h8,10,12-13H,2-7,17H2,1H3,(H,21,22);4H,2-3,5H2,1H3;1-2H3;;;/q2*-1;;;;/p+1/t10?,12?,13-;;;;;/m1...../s1. The number of carboxylic acid groups (broad SMARTS) is 1. The van der Waals surface area contributed by atoms with Crippen LogP contribution in [0.4, 0.5) is 0 Å². The van der Waals surface area contributed by atoms with Gasteiger partial charge in [0.05, 0.1) is 11.7 Å². The first-order valence-corrected chi connectivity index (χ1v) is 11.9. The molecule has 3 rings (SSSR count). The third-order valence-corrected chi connectivity index (χ3v) is 5.87. The van der Waals surface area contributed by atoms with E-state index in [0.29, 0.717) is 17.8 Å². The molecule has 12 heteroatoms. The van der Waals surface area contributed by atoms with E-state index in [-0.39, 0.29) is 123 Å². The van der Waals surface area contributed by atoms with Crippen LogP contribution >= 0.6 is 9.24 Å². The maximum absolute atomic E-state index is 12.7. The van der Waals surface area contributed by atoms with Crippen LogP contribution < -0.4 is 17.0 Å². The molecule has 0 aromatic carbocycles.